The van der Waals surface area contributed by atoms with Crippen LogP contribution in [0.4, 0.5) is 0 Å². The molecule has 0 bridgehead atoms. The van der Waals surface area contributed by atoms with Crippen molar-refractivity contribution in [1.29, 1.82) is 0 Å². The monoisotopic (exact) mass is 253 g/mol. The molecule has 18 heavy (non-hydrogen) atoms. The van der Waals surface area contributed by atoms with E-state index in [4.69, 9.17) is 5.73 Å². The molecule has 1 aliphatic carbocycles. The number of hydrogen-bond donors (Lipinski definition) is 1. The minimum Gasteiger partial charge on any atom is -0.330 e. The van der Waals surface area contributed by atoms with Crippen molar-refractivity contribution in [2.24, 2.45) is 35.3 Å². The Morgan fingerprint density at radius 2 is 1.61 bits per heavy atom. The van der Waals surface area contributed by atoms with Gasteiger partial charge in [-0.3, -0.25) is 0 Å². The molecule has 0 heterocycles. The standard InChI is InChI=1S/C17H35N/c1-13(10-11-18)8-9-14(2)15(3)12-16(4)17-6-5-7-17/h13-17H,5-12,18H2,1-4H3. The molecule has 0 saturated heterocycles. The van der Waals surface area contributed by atoms with Crippen LogP contribution < -0.4 is 5.73 Å². The Hall–Kier alpha value is -0.0400. The normalized spacial score (nSPS) is 23.2. The van der Waals surface area contributed by atoms with Gasteiger partial charge in [0.25, 0.3) is 0 Å². The Labute approximate surface area is 115 Å². The minimum absolute atomic E-state index is 0.814. The molecule has 1 rings (SSSR count). The second-order valence-electron chi connectivity index (χ2n) is 7.12. The maximum absolute atomic E-state index is 5.62. The van der Waals surface area contributed by atoms with Crippen molar-refractivity contribution >= 4 is 0 Å². The molecule has 0 radical (unpaired) electrons. The fraction of sp³-hybridized carbons (Fsp3) is 1.00. The number of hydrogen-bond acceptors (Lipinski definition) is 1. The lowest BCUT2D eigenvalue weighted by atomic mass is 9.72. The second kappa shape index (κ2) is 8.19. The fourth-order valence-corrected chi connectivity index (χ4v) is 3.28. The van der Waals surface area contributed by atoms with Crippen LogP contribution in [0.15, 0.2) is 0 Å². The van der Waals surface area contributed by atoms with Crippen LogP contribution in [0.1, 0.15) is 72.6 Å². The van der Waals surface area contributed by atoms with E-state index in [2.05, 4.69) is 27.7 Å². The molecule has 0 aliphatic heterocycles. The van der Waals surface area contributed by atoms with Crippen LogP contribution in [-0.2, 0) is 0 Å². The maximum atomic E-state index is 5.62. The molecule has 0 aromatic rings. The van der Waals surface area contributed by atoms with Crippen LogP contribution in [0.5, 0.6) is 0 Å². The van der Waals surface area contributed by atoms with Gasteiger partial charge < -0.3 is 5.73 Å². The van der Waals surface area contributed by atoms with Gasteiger partial charge in [-0.25, -0.2) is 0 Å². The third-order valence-electron chi connectivity index (χ3n) is 5.44. The van der Waals surface area contributed by atoms with Crippen molar-refractivity contribution in [3.05, 3.63) is 0 Å². The minimum atomic E-state index is 0.814. The zero-order valence-electron chi connectivity index (χ0n) is 13.1. The van der Waals surface area contributed by atoms with Crippen LogP contribution in [-0.4, -0.2) is 6.54 Å². The van der Waals surface area contributed by atoms with Gasteiger partial charge in [0.2, 0.25) is 0 Å². The highest BCUT2D eigenvalue weighted by Crippen LogP contribution is 2.38. The van der Waals surface area contributed by atoms with Gasteiger partial charge >= 0.3 is 0 Å². The van der Waals surface area contributed by atoms with Crippen molar-refractivity contribution in [2.75, 3.05) is 6.54 Å². The summed E-state index contributed by atoms with van der Waals surface area (Å²) in [6.07, 6.45) is 9.86. The van der Waals surface area contributed by atoms with E-state index in [0.29, 0.717) is 0 Å². The van der Waals surface area contributed by atoms with Gasteiger partial charge in [-0.05, 0) is 49.0 Å². The van der Waals surface area contributed by atoms with E-state index in [9.17, 15) is 0 Å². The van der Waals surface area contributed by atoms with Crippen LogP contribution in [0, 0.1) is 29.6 Å². The van der Waals surface area contributed by atoms with Crippen molar-refractivity contribution < 1.29 is 0 Å². The van der Waals surface area contributed by atoms with Crippen molar-refractivity contribution in [3.8, 4) is 0 Å². The van der Waals surface area contributed by atoms with E-state index in [1.165, 1.54) is 44.9 Å². The third-order valence-corrected chi connectivity index (χ3v) is 5.44. The second-order valence-corrected chi connectivity index (χ2v) is 7.12. The lowest BCUT2D eigenvalue weighted by Gasteiger charge is -2.34. The molecule has 108 valence electrons. The summed E-state index contributed by atoms with van der Waals surface area (Å²) in [5.74, 6) is 4.60. The van der Waals surface area contributed by atoms with E-state index in [1.54, 1.807) is 0 Å². The first-order valence-corrected chi connectivity index (χ1v) is 8.24. The quantitative estimate of drug-likeness (QED) is 0.624. The summed E-state index contributed by atoms with van der Waals surface area (Å²) in [6, 6.07) is 0. The summed E-state index contributed by atoms with van der Waals surface area (Å²) >= 11 is 0. The van der Waals surface area contributed by atoms with Gasteiger partial charge in [0, 0.05) is 0 Å². The average Bonchev–Trinajstić information content (AvgIpc) is 2.23. The molecule has 1 fully saturated rings. The third kappa shape index (κ3) is 5.30. The van der Waals surface area contributed by atoms with Crippen LogP contribution in [0.2, 0.25) is 0 Å². The van der Waals surface area contributed by atoms with Gasteiger partial charge in [-0.1, -0.05) is 59.8 Å². The topological polar surface area (TPSA) is 26.0 Å². The lowest BCUT2D eigenvalue weighted by molar-refractivity contribution is 0.171. The highest BCUT2D eigenvalue weighted by atomic mass is 14.5. The summed E-state index contributed by atoms with van der Waals surface area (Å²) in [5, 5.41) is 0. The summed E-state index contributed by atoms with van der Waals surface area (Å²) in [4.78, 5) is 0. The summed E-state index contributed by atoms with van der Waals surface area (Å²) in [6.45, 7) is 10.6. The Morgan fingerprint density at radius 3 is 2.11 bits per heavy atom. The van der Waals surface area contributed by atoms with E-state index in [1.807, 2.05) is 0 Å². The van der Waals surface area contributed by atoms with Gasteiger partial charge in [-0.2, -0.15) is 0 Å². The van der Waals surface area contributed by atoms with Crippen molar-refractivity contribution in [2.45, 2.75) is 72.6 Å². The van der Waals surface area contributed by atoms with E-state index in [-0.39, 0.29) is 0 Å². The maximum Gasteiger partial charge on any atom is -0.00747 e. The highest BCUT2D eigenvalue weighted by Gasteiger charge is 2.26. The lowest BCUT2D eigenvalue weighted by Crippen LogP contribution is -2.23. The molecule has 4 atom stereocenters. The largest absolute Gasteiger partial charge is 0.330 e. The number of rotatable bonds is 9. The van der Waals surface area contributed by atoms with E-state index < -0.39 is 0 Å². The first-order chi connectivity index (χ1) is 8.54. The van der Waals surface area contributed by atoms with Crippen LogP contribution >= 0.6 is 0 Å². The van der Waals surface area contributed by atoms with Crippen molar-refractivity contribution in [3.63, 3.8) is 0 Å². The van der Waals surface area contributed by atoms with Gasteiger partial charge in [0.1, 0.15) is 0 Å². The van der Waals surface area contributed by atoms with Crippen LogP contribution in [0.25, 0.3) is 0 Å². The molecule has 4 unspecified atom stereocenters. The Morgan fingerprint density at radius 1 is 0.944 bits per heavy atom. The first-order valence-electron chi connectivity index (χ1n) is 8.24. The average molecular weight is 253 g/mol. The Bertz CT molecular complexity index is 210. The molecule has 1 heteroatoms. The van der Waals surface area contributed by atoms with Gasteiger partial charge in [-0.15, -0.1) is 0 Å². The summed E-state index contributed by atoms with van der Waals surface area (Å²) < 4.78 is 0. The zero-order chi connectivity index (χ0) is 13.5. The summed E-state index contributed by atoms with van der Waals surface area (Å²) in [7, 11) is 0. The zero-order valence-corrected chi connectivity index (χ0v) is 13.1. The SMILES string of the molecule is CC(CCN)CCC(C)C(C)CC(C)C1CCC1. The molecule has 0 amide bonds. The molecule has 0 aromatic carbocycles. The smallest absolute Gasteiger partial charge is 0.00747 e. The van der Waals surface area contributed by atoms with Gasteiger partial charge in [0.05, 0.1) is 0 Å². The molecule has 0 spiro atoms. The number of nitrogens with two attached hydrogens (primary N) is 1. The van der Waals surface area contributed by atoms with E-state index in [0.717, 1.165) is 36.1 Å². The fourth-order valence-electron chi connectivity index (χ4n) is 3.28. The molecular weight excluding hydrogens is 218 g/mol. The molecule has 1 saturated carbocycles. The predicted molar refractivity (Wildman–Crippen MR) is 81.5 cm³/mol. The van der Waals surface area contributed by atoms with Crippen LogP contribution in [0.3, 0.4) is 0 Å². The molecular formula is C17H35N. The molecule has 0 aromatic heterocycles. The van der Waals surface area contributed by atoms with Gasteiger partial charge in [0.15, 0.2) is 0 Å². The Balaban J connectivity index is 2.16. The first kappa shape index (κ1) is 16.0. The molecule has 2 N–H and O–H groups in total. The molecule has 1 aliphatic rings. The highest BCUT2D eigenvalue weighted by molar-refractivity contribution is 4.77. The molecule has 1 nitrogen and oxygen atoms in total. The predicted octanol–water partition coefficient (Wildman–Crippen LogP) is 4.85. The Kier molecular flexibility index (Phi) is 7.29. The summed E-state index contributed by atoms with van der Waals surface area (Å²) in [5.41, 5.74) is 5.62. The van der Waals surface area contributed by atoms with E-state index >= 15 is 0 Å². The van der Waals surface area contributed by atoms with Crippen molar-refractivity contribution in [1.82, 2.24) is 0 Å².